The highest BCUT2D eigenvalue weighted by Gasteiger charge is 2.44. The summed E-state index contributed by atoms with van der Waals surface area (Å²) in [6.45, 7) is 2.44. The van der Waals surface area contributed by atoms with Crippen molar-refractivity contribution in [2.75, 3.05) is 20.2 Å². The maximum Gasteiger partial charge on any atom is 0.118 e. The van der Waals surface area contributed by atoms with Crippen LogP contribution in [0, 0.1) is 11.8 Å². The Hall–Kier alpha value is -1.02. The van der Waals surface area contributed by atoms with E-state index in [2.05, 4.69) is 29.6 Å². The molecule has 15 heavy (non-hydrogen) atoms. The summed E-state index contributed by atoms with van der Waals surface area (Å²) in [5.74, 6) is 3.57. The van der Waals surface area contributed by atoms with E-state index in [1.165, 1.54) is 25.1 Å². The van der Waals surface area contributed by atoms with Crippen molar-refractivity contribution in [3.8, 4) is 5.75 Å². The lowest BCUT2D eigenvalue weighted by Crippen LogP contribution is -2.33. The molecule has 0 unspecified atom stereocenters. The molecule has 80 valence electrons. The number of benzene rings is 1. The predicted molar refractivity (Wildman–Crippen MR) is 60.2 cm³/mol. The minimum Gasteiger partial charge on any atom is -0.497 e. The zero-order chi connectivity index (χ0) is 10.3. The minimum atomic E-state index is 0.788. The Kier molecular flexibility index (Phi) is 2.17. The van der Waals surface area contributed by atoms with Gasteiger partial charge in [-0.15, -0.1) is 0 Å². The largest absolute Gasteiger partial charge is 0.497 e. The Morgan fingerprint density at radius 3 is 2.67 bits per heavy atom. The molecular formula is C13H17NO. The lowest BCUT2D eigenvalue weighted by atomic mass is 9.64. The smallest absolute Gasteiger partial charge is 0.118 e. The van der Waals surface area contributed by atoms with Crippen LogP contribution in [-0.2, 0) is 0 Å². The van der Waals surface area contributed by atoms with E-state index in [-0.39, 0.29) is 0 Å². The summed E-state index contributed by atoms with van der Waals surface area (Å²) in [5.41, 5.74) is 1.49. The standard InChI is InChI=1S/C13H17NO/c1-15-11-4-2-9(3-5-11)12-6-10-7-14-8-13(10)12/h2-5,10,12-14H,6-8H2,1H3/t10-,12-,13+/m1/s1. The predicted octanol–water partition coefficient (Wildman–Crippen LogP) is 2.02. The van der Waals surface area contributed by atoms with Gasteiger partial charge in [-0.25, -0.2) is 0 Å². The molecule has 1 aromatic rings. The van der Waals surface area contributed by atoms with Crippen LogP contribution in [0.15, 0.2) is 24.3 Å². The highest BCUT2D eigenvalue weighted by atomic mass is 16.5. The van der Waals surface area contributed by atoms with Gasteiger partial charge < -0.3 is 10.1 Å². The first-order chi connectivity index (χ1) is 7.38. The molecule has 1 saturated heterocycles. The molecule has 2 heteroatoms. The van der Waals surface area contributed by atoms with E-state index in [1.807, 2.05) is 0 Å². The van der Waals surface area contributed by atoms with Gasteiger partial charge in [-0.2, -0.15) is 0 Å². The van der Waals surface area contributed by atoms with E-state index in [4.69, 9.17) is 4.74 Å². The highest BCUT2D eigenvalue weighted by molar-refractivity contribution is 5.31. The van der Waals surface area contributed by atoms with Crippen LogP contribution in [0.1, 0.15) is 17.9 Å². The molecule has 2 nitrogen and oxygen atoms in total. The molecule has 1 aromatic carbocycles. The SMILES string of the molecule is COc1ccc([C@H]2C[C@@H]3CNC[C@@H]32)cc1. The van der Waals surface area contributed by atoms with Gasteiger partial charge in [0.15, 0.2) is 0 Å². The van der Waals surface area contributed by atoms with Crippen LogP contribution in [0.3, 0.4) is 0 Å². The molecule has 1 N–H and O–H groups in total. The number of methoxy groups -OCH3 is 1. The Morgan fingerprint density at radius 2 is 2.00 bits per heavy atom. The third-order valence-electron chi connectivity index (χ3n) is 4.01. The maximum absolute atomic E-state index is 5.17. The molecule has 2 fully saturated rings. The lowest BCUT2D eigenvalue weighted by molar-refractivity contribution is 0.191. The number of fused-ring (bicyclic) bond motifs is 1. The van der Waals surface area contributed by atoms with Crippen molar-refractivity contribution in [2.45, 2.75) is 12.3 Å². The van der Waals surface area contributed by atoms with Crippen molar-refractivity contribution >= 4 is 0 Å². The lowest BCUT2D eigenvalue weighted by Gasteiger charge is -2.40. The minimum absolute atomic E-state index is 0.788. The monoisotopic (exact) mass is 203 g/mol. The Bertz CT molecular complexity index is 346. The molecule has 1 aliphatic carbocycles. The van der Waals surface area contributed by atoms with Crippen molar-refractivity contribution in [1.29, 1.82) is 0 Å². The van der Waals surface area contributed by atoms with Crippen molar-refractivity contribution in [2.24, 2.45) is 11.8 Å². The molecule has 0 spiro atoms. The molecule has 2 aliphatic rings. The number of rotatable bonds is 2. The van der Waals surface area contributed by atoms with Gasteiger partial charge in [-0.3, -0.25) is 0 Å². The second-order valence-electron chi connectivity index (χ2n) is 4.70. The van der Waals surface area contributed by atoms with E-state index in [0.717, 1.165) is 23.5 Å². The molecule has 0 aromatic heterocycles. The normalized spacial score (nSPS) is 33.3. The van der Waals surface area contributed by atoms with Gasteiger partial charge >= 0.3 is 0 Å². The first-order valence-electron chi connectivity index (χ1n) is 5.73. The van der Waals surface area contributed by atoms with Crippen LogP contribution in [0.4, 0.5) is 0 Å². The number of nitrogens with one attached hydrogen (secondary N) is 1. The summed E-state index contributed by atoms with van der Waals surface area (Å²) in [4.78, 5) is 0. The molecule has 0 bridgehead atoms. The van der Waals surface area contributed by atoms with Crippen LogP contribution < -0.4 is 10.1 Å². The Balaban J connectivity index is 1.76. The summed E-state index contributed by atoms with van der Waals surface area (Å²) in [6, 6.07) is 8.59. The molecule has 1 saturated carbocycles. The van der Waals surface area contributed by atoms with E-state index in [9.17, 15) is 0 Å². The van der Waals surface area contributed by atoms with Crippen molar-refractivity contribution in [3.05, 3.63) is 29.8 Å². The number of ether oxygens (including phenoxy) is 1. The molecule has 1 aliphatic heterocycles. The third kappa shape index (κ3) is 1.44. The molecular weight excluding hydrogens is 186 g/mol. The summed E-state index contributed by atoms with van der Waals surface area (Å²) >= 11 is 0. The zero-order valence-corrected chi connectivity index (χ0v) is 9.07. The van der Waals surface area contributed by atoms with Gasteiger partial charge in [-0.05, 0) is 55.0 Å². The van der Waals surface area contributed by atoms with Crippen LogP contribution in [-0.4, -0.2) is 20.2 Å². The van der Waals surface area contributed by atoms with Crippen molar-refractivity contribution in [3.63, 3.8) is 0 Å². The van der Waals surface area contributed by atoms with E-state index in [1.54, 1.807) is 7.11 Å². The van der Waals surface area contributed by atoms with Gasteiger partial charge in [0.2, 0.25) is 0 Å². The van der Waals surface area contributed by atoms with Crippen molar-refractivity contribution < 1.29 is 4.74 Å². The van der Waals surface area contributed by atoms with Crippen molar-refractivity contribution in [1.82, 2.24) is 5.32 Å². The molecule has 0 amide bonds. The zero-order valence-electron chi connectivity index (χ0n) is 9.07. The van der Waals surface area contributed by atoms with E-state index in [0.29, 0.717) is 0 Å². The highest BCUT2D eigenvalue weighted by Crippen LogP contribution is 2.49. The summed E-state index contributed by atoms with van der Waals surface area (Å²) in [5, 5.41) is 3.48. The first-order valence-corrected chi connectivity index (χ1v) is 5.73. The van der Waals surface area contributed by atoms with Gasteiger partial charge in [0.1, 0.15) is 5.75 Å². The second kappa shape index (κ2) is 3.53. The van der Waals surface area contributed by atoms with Crippen LogP contribution in [0.25, 0.3) is 0 Å². The average molecular weight is 203 g/mol. The molecule has 1 heterocycles. The fraction of sp³-hybridized carbons (Fsp3) is 0.538. The Morgan fingerprint density at radius 1 is 1.20 bits per heavy atom. The third-order valence-corrected chi connectivity index (χ3v) is 4.01. The van der Waals surface area contributed by atoms with E-state index < -0.39 is 0 Å². The van der Waals surface area contributed by atoms with Gasteiger partial charge in [0.25, 0.3) is 0 Å². The summed E-state index contributed by atoms with van der Waals surface area (Å²) < 4.78 is 5.17. The fourth-order valence-electron chi connectivity index (χ4n) is 3.02. The number of hydrogen-bond donors (Lipinski definition) is 1. The molecule has 3 atom stereocenters. The number of hydrogen-bond acceptors (Lipinski definition) is 2. The first kappa shape index (κ1) is 9.22. The fourth-order valence-corrected chi connectivity index (χ4v) is 3.02. The van der Waals surface area contributed by atoms with Crippen LogP contribution >= 0.6 is 0 Å². The summed E-state index contributed by atoms with van der Waals surface area (Å²) in [6.07, 6.45) is 1.37. The topological polar surface area (TPSA) is 21.3 Å². The molecule has 0 radical (unpaired) electrons. The van der Waals surface area contributed by atoms with Gasteiger partial charge in [-0.1, -0.05) is 12.1 Å². The average Bonchev–Trinajstić information content (AvgIpc) is 2.61. The van der Waals surface area contributed by atoms with Crippen LogP contribution in [0.5, 0.6) is 5.75 Å². The van der Waals surface area contributed by atoms with E-state index >= 15 is 0 Å². The van der Waals surface area contributed by atoms with Gasteiger partial charge in [0, 0.05) is 0 Å². The van der Waals surface area contributed by atoms with Crippen LogP contribution in [0.2, 0.25) is 0 Å². The van der Waals surface area contributed by atoms with Gasteiger partial charge in [0.05, 0.1) is 7.11 Å². The molecule has 3 rings (SSSR count). The quantitative estimate of drug-likeness (QED) is 0.794. The Labute approximate surface area is 90.6 Å². The maximum atomic E-state index is 5.17. The second-order valence-corrected chi connectivity index (χ2v) is 4.70. The summed E-state index contributed by atoms with van der Waals surface area (Å²) in [7, 11) is 1.72.